The fourth-order valence-corrected chi connectivity index (χ4v) is 2.52. The van der Waals surface area contributed by atoms with Gasteiger partial charge < -0.3 is 24.1 Å². The zero-order chi connectivity index (χ0) is 17.4. The predicted molar refractivity (Wildman–Crippen MR) is 85.4 cm³/mol. The molecule has 0 aliphatic heterocycles. The number of ether oxygens (including phenoxy) is 4. The highest BCUT2D eigenvalue weighted by Gasteiger charge is 2.24. The van der Waals surface area contributed by atoms with E-state index in [0.29, 0.717) is 29.9 Å². The molecule has 23 heavy (non-hydrogen) atoms. The Hall–Kier alpha value is -1.81. The van der Waals surface area contributed by atoms with Crippen LogP contribution in [0.3, 0.4) is 0 Å². The van der Waals surface area contributed by atoms with Crippen molar-refractivity contribution >= 4 is 0 Å². The van der Waals surface area contributed by atoms with E-state index >= 15 is 0 Å². The van der Waals surface area contributed by atoms with Crippen molar-refractivity contribution in [1.29, 1.82) is 5.26 Å². The van der Waals surface area contributed by atoms with E-state index in [9.17, 15) is 10.4 Å². The van der Waals surface area contributed by atoms with Gasteiger partial charge in [-0.2, -0.15) is 5.26 Å². The summed E-state index contributed by atoms with van der Waals surface area (Å²) >= 11 is 0. The maximum Gasteiger partial charge on any atom is 0.172 e. The van der Waals surface area contributed by atoms with E-state index in [-0.39, 0.29) is 0 Å². The number of benzene rings is 1. The van der Waals surface area contributed by atoms with Crippen molar-refractivity contribution in [3.8, 4) is 17.6 Å². The molecule has 0 fully saturated rings. The van der Waals surface area contributed by atoms with Gasteiger partial charge >= 0.3 is 0 Å². The molecule has 0 aliphatic rings. The molecule has 0 aromatic heterocycles. The topological polar surface area (TPSA) is 80.9 Å². The zero-order valence-corrected chi connectivity index (χ0v) is 14.3. The normalized spacial score (nSPS) is 13.5. The van der Waals surface area contributed by atoms with Crippen LogP contribution in [0.15, 0.2) is 12.1 Å². The third kappa shape index (κ3) is 4.58. The number of nitrogens with zero attached hydrogens (tertiary/aromatic N) is 1. The number of methoxy groups -OCH3 is 4. The first-order valence-corrected chi connectivity index (χ1v) is 7.44. The molecular weight excluding hydrogens is 298 g/mol. The van der Waals surface area contributed by atoms with Gasteiger partial charge in [-0.1, -0.05) is 6.92 Å². The van der Waals surface area contributed by atoms with Gasteiger partial charge in [0.25, 0.3) is 0 Å². The van der Waals surface area contributed by atoms with Gasteiger partial charge in [0.15, 0.2) is 6.29 Å². The number of nitriles is 1. The maximum atomic E-state index is 10.2. The fraction of sp³-hybridized carbons (Fsp3) is 0.588. The lowest BCUT2D eigenvalue weighted by molar-refractivity contribution is -0.124. The van der Waals surface area contributed by atoms with Gasteiger partial charge in [0, 0.05) is 14.2 Å². The van der Waals surface area contributed by atoms with Crippen molar-refractivity contribution in [3.05, 3.63) is 23.3 Å². The Bertz CT molecular complexity index is 511. The molecule has 0 spiro atoms. The van der Waals surface area contributed by atoms with E-state index in [4.69, 9.17) is 18.9 Å². The average molecular weight is 323 g/mol. The fourth-order valence-electron chi connectivity index (χ4n) is 2.52. The van der Waals surface area contributed by atoms with Gasteiger partial charge in [-0.25, -0.2) is 0 Å². The Kier molecular flexibility index (Phi) is 7.83. The minimum atomic E-state index is -0.675. The summed E-state index contributed by atoms with van der Waals surface area (Å²) < 4.78 is 21.1. The monoisotopic (exact) mass is 323 g/mol. The minimum absolute atomic E-state index is 0.415. The highest BCUT2D eigenvalue weighted by Crippen LogP contribution is 2.37. The van der Waals surface area contributed by atoms with E-state index in [1.54, 1.807) is 14.2 Å². The zero-order valence-electron chi connectivity index (χ0n) is 14.3. The first-order chi connectivity index (χ1) is 11.1. The predicted octanol–water partition coefficient (Wildman–Crippen LogP) is 2.45. The molecular formula is C17H25NO5. The summed E-state index contributed by atoms with van der Waals surface area (Å²) in [4.78, 5) is 0. The molecule has 1 aromatic carbocycles. The summed E-state index contributed by atoms with van der Waals surface area (Å²) in [6, 6.07) is 5.81. The third-order valence-corrected chi connectivity index (χ3v) is 3.74. The molecule has 1 rings (SSSR count). The Balaban J connectivity index is 3.21. The summed E-state index contributed by atoms with van der Waals surface area (Å²) in [6.07, 6.45) is -0.329. The van der Waals surface area contributed by atoms with Crippen molar-refractivity contribution < 1.29 is 24.1 Å². The Morgan fingerprint density at radius 1 is 1.09 bits per heavy atom. The van der Waals surface area contributed by atoms with Gasteiger partial charge in [0.2, 0.25) is 0 Å². The van der Waals surface area contributed by atoms with Gasteiger partial charge in [-0.3, -0.25) is 0 Å². The number of hydrogen-bond acceptors (Lipinski definition) is 6. The molecule has 0 bridgehead atoms. The summed E-state index contributed by atoms with van der Waals surface area (Å²) in [5, 5.41) is 19.5. The lowest BCUT2D eigenvalue weighted by atomic mass is 9.96. The Labute approximate surface area is 137 Å². The number of hydrogen-bond donors (Lipinski definition) is 1. The van der Waals surface area contributed by atoms with Crippen LogP contribution in [0.25, 0.3) is 0 Å². The third-order valence-electron chi connectivity index (χ3n) is 3.74. The van der Waals surface area contributed by atoms with Crippen LogP contribution in [-0.4, -0.2) is 39.8 Å². The van der Waals surface area contributed by atoms with Gasteiger partial charge in [0.05, 0.1) is 32.0 Å². The van der Waals surface area contributed by atoms with Gasteiger partial charge in [-0.15, -0.1) is 0 Å². The van der Waals surface area contributed by atoms with Crippen molar-refractivity contribution in [2.45, 2.75) is 32.2 Å². The molecule has 128 valence electrons. The molecule has 0 saturated carbocycles. The van der Waals surface area contributed by atoms with Crippen LogP contribution in [0.1, 0.15) is 30.6 Å². The molecule has 0 saturated heterocycles. The lowest BCUT2D eigenvalue weighted by Crippen LogP contribution is -2.25. The first-order valence-electron chi connectivity index (χ1n) is 7.44. The summed E-state index contributed by atoms with van der Waals surface area (Å²) in [5.74, 6) is 0.606. The molecule has 0 aliphatic carbocycles. The quantitative estimate of drug-likeness (QED) is 0.703. The molecule has 0 amide bonds. The largest absolute Gasteiger partial charge is 0.496 e. The minimum Gasteiger partial charge on any atom is -0.496 e. The molecule has 1 N–H and O–H groups in total. The van der Waals surface area contributed by atoms with E-state index in [1.165, 1.54) is 14.2 Å². The number of rotatable bonds is 9. The van der Waals surface area contributed by atoms with Crippen molar-refractivity contribution in [2.24, 2.45) is 5.92 Å². The smallest absolute Gasteiger partial charge is 0.172 e. The van der Waals surface area contributed by atoms with Crippen LogP contribution >= 0.6 is 0 Å². The van der Waals surface area contributed by atoms with Crippen LogP contribution in [0.5, 0.6) is 11.5 Å². The van der Waals surface area contributed by atoms with Crippen LogP contribution in [0.4, 0.5) is 0 Å². The summed E-state index contributed by atoms with van der Waals surface area (Å²) in [7, 11) is 6.08. The molecule has 2 atom stereocenters. The highest BCUT2D eigenvalue weighted by atomic mass is 16.7. The van der Waals surface area contributed by atoms with Gasteiger partial charge in [-0.05, 0) is 30.5 Å². The van der Waals surface area contributed by atoms with Crippen LogP contribution in [-0.2, 0) is 15.9 Å². The molecule has 0 radical (unpaired) electrons. The second kappa shape index (κ2) is 9.36. The molecule has 2 unspecified atom stereocenters. The van der Waals surface area contributed by atoms with E-state index in [1.807, 2.05) is 19.1 Å². The Morgan fingerprint density at radius 3 is 1.96 bits per heavy atom. The lowest BCUT2D eigenvalue weighted by Gasteiger charge is -2.21. The van der Waals surface area contributed by atoms with E-state index in [0.717, 1.165) is 5.56 Å². The number of aliphatic hydroxyl groups excluding tert-OH is 1. The standard InChI is InChI=1S/C17H25NO5/c1-6-13(19)16-14(20-2)8-11(9-15(16)21-3)7-12(10-18)17(22-4)23-5/h8-9,12-13,17,19H,6-7H2,1-5H3. The SMILES string of the molecule is CCC(O)c1c(OC)cc(CC(C#N)C(OC)OC)cc1OC. The maximum absolute atomic E-state index is 10.2. The summed E-state index contributed by atoms with van der Waals surface area (Å²) in [6.45, 7) is 1.88. The van der Waals surface area contributed by atoms with Gasteiger partial charge in [0.1, 0.15) is 17.4 Å². The highest BCUT2D eigenvalue weighted by molar-refractivity contribution is 5.49. The molecule has 0 heterocycles. The van der Waals surface area contributed by atoms with Crippen molar-refractivity contribution in [3.63, 3.8) is 0 Å². The van der Waals surface area contributed by atoms with Crippen LogP contribution < -0.4 is 9.47 Å². The molecule has 1 aromatic rings. The first kappa shape index (κ1) is 19.2. The average Bonchev–Trinajstić information content (AvgIpc) is 2.59. The van der Waals surface area contributed by atoms with Crippen molar-refractivity contribution in [2.75, 3.05) is 28.4 Å². The molecule has 6 nitrogen and oxygen atoms in total. The van der Waals surface area contributed by atoms with E-state index < -0.39 is 18.3 Å². The molecule has 6 heteroatoms. The number of aliphatic hydroxyl groups is 1. The van der Waals surface area contributed by atoms with Crippen molar-refractivity contribution in [1.82, 2.24) is 0 Å². The Morgan fingerprint density at radius 2 is 1.61 bits per heavy atom. The second-order valence-electron chi connectivity index (χ2n) is 5.12. The van der Waals surface area contributed by atoms with Crippen LogP contribution in [0.2, 0.25) is 0 Å². The summed E-state index contributed by atoms with van der Waals surface area (Å²) in [5.41, 5.74) is 1.46. The second-order valence-corrected chi connectivity index (χ2v) is 5.12. The van der Waals surface area contributed by atoms with Crippen LogP contribution in [0, 0.1) is 17.2 Å². The van der Waals surface area contributed by atoms with E-state index in [2.05, 4.69) is 6.07 Å².